The summed E-state index contributed by atoms with van der Waals surface area (Å²) in [4.78, 5) is 0. The maximum Gasteiger partial charge on any atom is 0.0615 e. The molecule has 14 heavy (non-hydrogen) atoms. The molecule has 3 atom stereocenters. The number of hydrogen-bond acceptors (Lipinski definition) is 2. The van der Waals surface area contributed by atoms with Gasteiger partial charge in [0.05, 0.1) is 12.7 Å². The molecule has 0 heterocycles. The lowest BCUT2D eigenvalue weighted by Crippen LogP contribution is -2.37. The number of hydrogen-bond donors (Lipinski definition) is 2. The molecule has 0 aromatic carbocycles. The second kappa shape index (κ2) is 3.67. The molecule has 0 aliphatic heterocycles. The molecular formula is C12H20O2. The van der Waals surface area contributed by atoms with Crippen LogP contribution in [-0.4, -0.2) is 22.9 Å². The van der Waals surface area contributed by atoms with Gasteiger partial charge in [-0.05, 0) is 43.4 Å². The van der Waals surface area contributed by atoms with E-state index in [0.29, 0.717) is 5.92 Å². The van der Waals surface area contributed by atoms with Crippen molar-refractivity contribution in [2.24, 2.45) is 11.3 Å². The predicted molar refractivity (Wildman–Crippen MR) is 55.9 cm³/mol. The van der Waals surface area contributed by atoms with Gasteiger partial charge in [-0.1, -0.05) is 18.6 Å². The molecule has 2 N–H and O–H groups in total. The van der Waals surface area contributed by atoms with Crippen molar-refractivity contribution in [1.29, 1.82) is 0 Å². The summed E-state index contributed by atoms with van der Waals surface area (Å²) in [5.74, 6) is 0.439. The highest BCUT2D eigenvalue weighted by Gasteiger charge is 2.47. The van der Waals surface area contributed by atoms with Gasteiger partial charge in [0.1, 0.15) is 0 Å². The lowest BCUT2D eigenvalue weighted by Gasteiger charge is -2.40. The first-order valence-corrected chi connectivity index (χ1v) is 5.67. The third kappa shape index (κ3) is 1.41. The maximum absolute atomic E-state index is 9.94. The average molecular weight is 196 g/mol. The molecule has 2 fully saturated rings. The van der Waals surface area contributed by atoms with Crippen LogP contribution in [0.4, 0.5) is 0 Å². The third-order valence-electron chi connectivity index (χ3n) is 4.27. The van der Waals surface area contributed by atoms with Gasteiger partial charge < -0.3 is 10.2 Å². The molecule has 0 amide bonds. The van der Waals surface area contributed by atoms with Crippen LogP contribution in [0.25, 0.3) is 0 Å². The number of rotatable bonds is 1. The molecule has 2 aliphatic rings. The molecule has 2 saturated carbocycles. The van der Waals surface area contributed by atoms with Crippen LogP contribution in [0.1, 0.15) is 39.0 Å². The van der Waals surface area contributed by atoms with Gasteiger partial charge in [0.25, 0.3) is 0 Å². The lowest BCUT2D eigenvalue weighted by molar-refractivity contribution is 0.0147. The van der Waals surface area contributed by atoms with Crippen LogP contribution in [0.15, 0.2) is 11.6 Å². The van der Waals surface area contributed by atoms with Crippen molar-refractivity contribution >= 4 is 0 Å². The Morgan fingerprint density at radius 2 is 2.29 bits per heavy atom. The van der Waals surface area contributed by atoms with Crippen LogP contribution in [0.2, 0.25) is 0 Å². The summed E-state index contributed by atoms with van der Waals surface area (Å²) < 4.78 is 0. The van der Waals surface area contributed by atoms with E-state index < -0.39 is 0 Å². The zero-order chi connectivity index (χ0) is 10.2. The van der Waals surface area contributed by atoms with Crippen molar-refractivity contribution in [3.05, 3.63) is 11.6 Å². The fourth-order valence-electron chi connectivity index (χ4n) is 3.44. The molecule has 0 aromatic rings. The van der Waals surface area contributed by atoms with Gasteiger partial charge >= 0.3 is 0 Å². The van der Waals surface area contributed by atoms with E-state index in [1.165, 1.54) is 12.0 Å². The minimum Gasteiger partial charge on any atom is -0.393 e. The Morgan fingerprint density at radius 1 is 1.50 bits per heavy atom. The zero-order valence-electron chi connectivity index (χ0n) is 8.87. The summed E-state index contributed by atoms with van der Waals surface area (Å²) in [5.41, 5.74) is 1.56. The van der Waals surface area contributed by atoms with E-state index in [1.807, 2.05) is 6.08 Å². The van der Waals surface area contributed by atoms with E-state index in [4.69, 9.17) is 5.11 Å². The third-order valence-corrected chi connectivity index (χ3v) is 4.27. The Balaban J connectivity index is 2.24. The van der Waals surface area contributed by atoms with Crippen LogP contribution in [0.5, 0.6) is 0 Å². The minimum atomic E-state index is -0.113. The number of fused-ring (bicyclic) bond motifs is 1. The van der Waals surface area contributed by atoms with Crippen molar-refractivity contribution in [1.82, 2.24) is 0 Å². The topological polar surface area (TPSA) is 40.5 Å². The highest BCUT2D eigenvalue weighted by molar-refractivity contribution is 5.22. The number of aliphatic hydroxyl groups excluding tert-OH is 2. The Bertz CT molecular complexity index is 247. The molecule has 3 unspecified atom stereocenters. The molecular weight excluding hydrogens is 176 g/mol. The Labute approximate surface area is 85.6 Å². The number of allylic oxidation sites excluding steroid dienone is 1. The molecule has 80 valence electrons. The molecule has 0 spiro atoms. The molecule has 2 rings (SSSR count). The molecule has 0 aromatic heterocycles. The van der Waals surface area contributed by atoms with Crippen LogP contribution in [-0.2, 0) is 0 Å². The van der Waals surface area contributed by atoms with Crippen LogP contribution in [0.3, 0.4) is 0 Å². The van der Waals surface area contributed by atoms with E-state index in [2.05, 4.69) is 6.92 Å². The van der Waals surface area contributed by atoms with Gasteiger partial charge in [-0.2, -0.15) is 0 Å². The van der Waals surface area contributed by atoms with Gasteiger partial charge in [0.15, 0.2) is 0 Å². The summed E-state index contributed by atoms with van der Waals surface area (Å²) in [6, 6.07) is 0. The van der Waals surface area contributed by atoms with E-state index in [-0.39, 0.29) is 18.1 Å². The van der Waals surface area contributed by atoms with Gasteiger partial charge in [-0.15, -0.1) is 0 Å². The minimum absolute atomic E-state index is 0.113. The van der Waals surface area contributed by atoms with Crippen molar-refractivity contribution in [2.45, 2.75) is 45.1 Å². The van der Waals surface area contributed by atoms with Crippen molar-refractivity contribution < 1.29 is 10.2 Å². The molecule has 2 aliphatic carbocycles. The molecule has 0 saturated heterocycles. The summed E-state index contributed by atoms with van der Waals surface area (Å²) in [6.07, 6.45) is 7.28. The zero-order valence-corrected chi connectivity index (χ0v) is 8.87. The standard InChI is InChI=1S/C12H20O2/c1-12-7-2-3-11(14)10(12)5-4-9(12)6-8-13/h6,10-11,13-14H,2-5,7-8H2,1H3. The fraction of sp³-hybridized carbons (Fsp3) is 0.833. The highest BCUT2D eigenvalue weighted by Crippen LogP contribution is 2.54. The summed E-state index contributed by atoms with van der Waals surface area (Å²) in [6.45, 7) is 2.41. The largest absolute Gasteiger partial charge is 0.393 e. The maximum atomic E-state index is 9.94. The molecule has 2 heteroatoms. The van der Waals surface area contributed by atoms with Crippen LogP contribution >= 0.6 is 0 Å². The van der Waals surface area contributed by atoms with Crippen LogP contribution in [0, 0.1) is 11.3 Å². The quantitative estimate of drug-likeness (QED) is 0.628. The molecule has 0 bridgehead atoms. The first-order valence-electron chi connectivity index (χ1n) is 5.67. The monoisotopic (exact) mass is 196 g/mol. The van der Waals surface area contributed by atoms with Crippen molar-refractivity contribution in [3.63, 3.8) is 0 Å². The summed E-state index contributed by atoms with van der Waals surface area (Å²) in [5, 5.41) is 18.9. The smallest absolute Gasteiger partial charge is 0.0615 e. The normalized spacial score (nSPS) is 45.5. The summed E-state index contributed by atoms with van der Waals surface area (Å²) in [7, 11) is 0. The van der Waals surface area contributed by atoms with E-state index in [1.54, 1.807) is 0 Å². The van der Waals surface area contributed by atoms with Gasteiger partial charge in [-0.3, -0.25) is 0 Å². The number of aliphatic hydroxyl groups is 2. The Hall–Kier alpha value is -0.340. The van der Waals surface area contributed by atoms with Gasteiger partial charge in [0, 0.05) is 0 Å². The SMILES string of the molecule is CC12CCCC(O)C1CCC2=CCO. The predicted octanol–water partition coefficient (Wildman–Crippen LogP) is 1.87. The Kier molecular flexibility index (Phi) is 2.67. The second-order valence-electron chi connectivity index (χ2n) is 4.93. The van der Waals surface area contributed by atoms with Gasteiger partial charge in [-0.25, -0.2) is 0 Å². The van der Waals surface area contributed by atoms with Gasteiger partial charge in [0.2, 0.25) is 0 Å². The van der Waals surface area contributed by atoms with E-state index in [9.17, 15) is 5.11 Å². The van der Waals surface area contributed by atoms with Crippen molar-refractivity contribution in [3.8, 4) is 0 Å². The van der Waals surface area contributed by atoms with E-state index in [0.717, 1.165) is 25.7 Å². The first-order chi connectivity index (χ1) is 6.68. The highest BCUT2D eigenvalue weighted by atomic mass is 16.3. The first kappa shape index (κ1) is 10.2. The molecule has 2 nitrogen and oxygen atoms in total. The second-order valence-corrected chi connectivity index (χ2v) is 4.93. The fourth-order valence-corrected chi connectivity index (χ4v) is 3.44. The van der Waals surface area contributed by atoms with Crippen LogP contribution < -0.4 is 0 Å². The average Bonchev–Trinajstić information content (AvgIpc) is 2.46. The van der Waals surface area contributed by atoms with Crippen molar-refractivity contribution in [2.75, 3.05) is 6.61 Å². The summed E-state index contributed by atoms with van der Waals surface area (Å²) >= 11 is 0. The molecule has 0 radical (unpaired) electrons. The van der Waals surface area contributed by atoms with E-state index >= 15 is 0 Å². The lowest BCUT2D eigenvalue weighted by atomic mass is 9.66. The Morgan fingerprint density at radius 3 is 3.00 bits per heavy atom.